The second kappa shape index (κ2) is 4.78. The lowest BCUT2D eigenvalue weighted by Crippen LogP contribution is -2.42. The summed E-state index contributed by atoms with van der Waals surface area (Å²) in [5.41, 5.74) is 1.43. The molecule has 1 aromatic carbocycles. The minimum atomic E-state index is 0.0836. The summed E-state index contributed by atoms with van der Waals surface area (Å²) in [5, 5.41) is 9.46. The first-order valence-corrected chi connectivity index (χ1v) is 6.20. The summed E-state index contributed by atoms with van der Waals surface area (Å²) in [7, 11) is 0. The van der Waals surface area contributed by atoms with E-state index in [1.165, 1.54) is 6.42 Å². The maximum absolute atomic E-state index is 12.3. The Morgan fingerprint density at radius 3 is 2.82 bits per heavy atom. The molecule has 0 aromatic heterocycles. The number of rotatable bonds is 1. The number of piperidine rings is 1. The maximum atomic E-state index is 12.3. The number of phenolic OH excluding ortho intramolecular Hbond substituents is 1. The Morgan fingerprint density at radius 2 is 2.18 bits per heavy atom. The smallest absolute Gasteiger partial charge is 0.254 e. The summed E-state index contributed by atoms with van der Waals surface area (Å²) in [5.74, 6) is 0.327. The van der Waals surface area contributed by atoms with E-state index in [9.17, 15) is 9.90 Å². The third-order valence-corrected chi connectivity index (χ3v) is 3.51. The number of hydrogen-bond donors (Lipinski definition) is 1. The third kappa shape index (κ3) is 2.43. The van der Waals surface area contributed by atoms with Gasteiger partial charge in [-0.15, -0.1) is 0 Å². The van der Waals surface area contributed by atoms with Crippen LogP contribution in [-0.2, 0) is 0 Å². The SMILES string of the molecule is Cc1cc(C(=O)N2CCCCC2C)ccc1O. The number of hydrogen-bond acceptors (Lipinski definition) is 2. The summed E-state index contributed by atoms with van der Waals surface area (Å²) in [6.07, 6.45) is 3.38. The van der Waals surface area contributed by atoms with Crippen LogP contribution in [0.5, 0.6) is 5.75 Å². The number of benzene rings is 1. The molecular weight excluding hydrogens is 214 g/mol. The lowest BCUT2D eigenvalue weighted by atomic mass is 10.0. The molecule has 1 atom stereocenters. The molecule has 3 heteroatoms. The van der Waals surface area contributed by atoms with E-state index in [1.807, 2.05) is 11.8 Å². The lowest BCUT2D eigenvalue weighted by molar-refractivity contribution is 0.0635. The van der Waals surface area contributed by atoms with Crippen LogP contribution >= 0.6 is 0 Å². The van der Waals surface area contributed by atoms with Gasteiger partial charge in [-0.25, -0.2) is 0 Å². The summed E-state index contributed by atoms with van der Waals surface area (Å²) in [4.78, 5) is 14.3. The maximum Gasteiger partial charge on any atom is 0.254 e. The minimum absolute atomic E-state index is 0.0836. The van der Waals surface area contributed by atoms with E-state index in [0.717, 1.165) is 24.9 Å². The molecule has 1 N–H and O–H groups in total. The quantitative estimate of drug-likeness (QED) is 0.810. The second-order valence-corrected chi connectivity index (χ2v) is 4.84. The Balaban J connectivity index is 2.21. The molecular formula is C14H19NO2. The van der Waals surface area contributed by atoms with Crippen molar-refractivity contribution in [1.29, 1.82) is 0 Å². The van der Waals surface area contributed by atoms with Gasteiger partial charge < -0.3 is 10.0 Å². The van der Waals surface area contributed by atoms with E-state index in [2.05, 4.69) is 6.92 Å². The van der Waals surface area contributed by atoms with Gasteiger partial charge in [-0.05, 0) is 56.9 Å². The molecule has 1 amide bonds. The number of aromatic hydroxyl groups is 1. The number of aryl methyl sites for hydroxylation is 1. The molecule has 92 valence electrons. The predicted molar refractivity (Wildman–Crippen MR) is 67.2 cm³/mol. The molecule has 3 nitrogen and oxygen atoms in total. The standard InChI is InChI=1S/C14H19NO2/c1-10-9-12(6-7-13(10)16)14(17)15-8-4-3-5-11(15)2/h6-7,9,11,16H,3-5,8H2,1-2H3. The van der Waals surface area contributed by atoms with Crippen LogP contribution < -0.4 is 0 Å². The van der Waals surface area contributed by atoms with Crippen molar-refractivity contribution in [3.63, 3.8) is 0 Å². The zero-order chi connectivity index (χ0) is 12.4. The average molecular weight is 233 g/mol. The molecule has 0 radical (unpaired) electrons. The van der Waals surface area contributed by atoms with Crippen molar-refractivity contribution in [2.45, 2.75) is 39.2 Å². The summed E-state index contributed by atoms with van der Waals surface area (Å²) in [6, 6.07) is 5.38. The van der Waals surface area contributed by atoms with E-state index in [1.54, 1.807) is 18.2 Å². The van der Waals surface area contributed by atoms with E-state index < -0.39 is 0 Å². The number of amides is 1. The van der Waals surface area contributed by atoms with Gasteiger partial charge in [0, 0.05) is 18.2 Å². The van der Waals surface area contributed by atoms with Gasteiger partial charge in [-0.3, -0.25) is 4.79 Å². The highest BCUT2D eigenvalue weighted by Crippen LogP contribution is 2.22. The van der Waals surface area contributed by atoms with E-state index in [4.69, 9.17) is 0 Å². The summed E-state index contributed by atoms with van der Waals surface area (Å²) in [6.45, 7) is 4.76. The normalized spacial score (nSPS) is 20.4. The molecule has 0 aliphatic carbocycles. The van der Waals surface area contributed by atoms with Gasteiger partial charge in [0.25, 0.3) is 5.91 Å². The topological polar surface area (TPSA) is 40.5 Å². The first kappa shape index (κ1) is 12.0. The zero-order valence-corrected chi connectivity index (χ0v) is 10.4. The number of likely N-dealkylation sites (tertiary alicyclic amines) is 1. The van der Waals surface area contributed by atoms with Crippen LogP contribution in [0.25, 0.3) is 0 Å². The largest absolute Gasteiger partial charge is 0.508 e. The molecule has 1 aliphatic rings. The van der Waals surface area contributed by atoms with Crippen molar-refractivity contribution in [2.24, 2.45) is 0 Å². The Hall–Kier alpha value is -1.51. The van der Waals surface area contributed by atoms with Crippen LogP contribution in [0.1, 0.15) is 42.1 Å². The highest BCUT2D eigenvalue weighted by atomic mass is 16.3. The number of nitrogens with zero attached hydrogens (tertiary/aromatic N) is 1. The fourth-order valence-electron chi connectivity index (χ4n) is 2.35. The van der Waals surface area contributed by atoms with Crippen molar-refractivity contribution in [2.75, 3.05) is 6.54 Å². The Morgan fingerprint density at radius 1 is 1.41 bits per heavy atom. The van der Waals surface area contributed by atoms with Gasteiger partial charge in [-0.1, -0.05) is 0 Å². The van der Waals surface area contributed by atoms with E-state index in [0.29, 0.717) is 11.6 Å². The van der Waals surface area contributed by atoms with Crippen LogP contribution in [0.4, 0.5) is 0 Å². The lowest BCUT2D eigenvalue weighted by Gasteiger charge is -2.33. The molecule has 0 saturated carbocycles. The molecule has 1 saturated heterocycles. The Bertz CT molecular complexity index is 428. The fraction of sp³-hybridized carbons (Fsp3) is 0.500. The molecule has 0 bridgehead atoms. The molecule has 1 heterocycles. The highest BCUT2D eigenvalue weighted by Gasteiger charge is 2.24. The molecule has 1 unspecified atom stereocenters. The van der Waals surface area contributed by atoms with Crippen LogP contribution in [0.2, 0.25) is 0 Å². The van der Waals surface area contributed by atoms with E-state index >= 15 is 0 Å². The van der Waals surface area contributed by atoms with Crippen LogP contribution in [0.3, 0.4) is 0 Å². The first-order valence-electron chi connectivity index (χ1n) is 6.20. The van der Waals surface area contributed by atoms with Gasteiger partial charge in [0.15, 0.2) is 0 Å². The van der Waals surface area contributed by atoms with Gasteiger partial charge in [0.1, 0.15) is 5.75 Å². The highest BCUT2D eigenvalue weighted by molar-refractivity contribution is 5.94. The molecule has 17 heavy (non-hydrogen) atoms. The van der Waals surface area contributed by atoms with Crippen molar-refractivity contribution >= 4 is 5.91 Å². The number of phenols is 1. The predicted octanol–water partition coefficient (Wildman–Crippen LogP) is 2.72. The second-order valence-electron chi connectivity index (χ2n) is 4.84. The molecule has 2 rings (SSSR count). The minimum Gasteiger partial charge on any atom is -0.508 e. The van der Waals surface area contributed by atoms with Gasteiger partial charge in [-0.2, -0.15) is 0 Å². The monoisotopic (exact) mass is 233 g/mol. The molecule has 0 spiro atoms. The van der Waals surface area contributed by atoms with Crippen molar-refractivity contribution < 1.29 is 9.90 Å². The van der Waals surface area contributed by atoms with Crippen LogP contribution in [-0.4, -0.2) is 28.5 Å². The first-order chi connectivity index (χ1) is 8.09. The Kier molecular flexibility index (Phi) is 3.36. The number of carbonyl (C=O) groups excluding carboxylic acids is 1. The van der Waals surface area contributed by atoms with Crippen LogP contribution in [0, 0.1) is 6.92 Å². The molecule has 1 fully saturated rings. The van der Waals surface area contributed by atoms with Crippen molar-refractivity contribution in [3.8, 4) is 5.75 Å². The molecule has 1 aromatic rings. The van der Waals surface area contributed by atoms with E-state index in [-0.39, 0.29) is 11.7 Å². The summed E-state index contributed by atoms with van der Waals surface area (Å²) >= 11 is 0. The summed E-state index contributed by atoms with van der Waals surface area (Å²) < 4.78 is 0. The Labute approximate surface area is 102 Å². The fourth-order valence-corrected chi connectivity index (χ4v) is 2.35. The third-order valence-electron chi connectivity index (χ3n) is 3.51. The average Bonchev–Trinajstić information content (AvgIpc) is 2.32. The molecule has 1 aliphatic heterocycles. The zero-order valence-electron chi connectivity index (χ0n) is 10.4. The van der Waals surface area contributed by atoms with Gasteiger partial charge in [0.2, 0.25) is 0 Å². The van der Waals surface area contributed by atoms with Gasteiger partial charge >= 0.3 is 0 Å². The number of carbonyl (C=O) groups is 1. The van der Waals surface area contributed by atoms with Crippen molar-refractivity contribution in [1.82, 2.24) is 4.90 Å². The van der Waals surface area contributed by atoms with Gasteiger partial charge in [0.05, 0.1) is 0 Å². The van der Waals surface area contributed by atoms with Crippen LogP contribution in [0.15, 0.2) is 18.2 Å². The van der Waals surface area contributed by atoms with Crippen molar-refractivity contribution in [3.05, 3.63) is 29.3 Å².